The van der Waals surface area contributed by atoms with Crippen LogP contribution in [0, 0.1) is 0 Å². The third kappa shape index (κ3) is 15.4. The molecular weight excluding hydrogens is 440 g/mol. The highest BCUT2D eigenvalue weighted by atomic mass is 32.2. The maximum absolute atomic E-state index is 11.8. The molecule has 0 bridgehead atoms. The van der Waals surface area contributed by atoms with Crippen LogP contribution in [0.3, 0.4) is 0 Å². The van der Waals surface area contributed by atoms with Crippen LogP contribution < -0.4 is 4.74 Å². The molecule has 7 heteroatoms. The van der Waals surface area contributed by atoms with Crippen molar-refractivity contribution in [2.75, 3.05) is 33.0 Å². The summed E-state index contributed by atoms with van der Waals surface area (Å²) >= 11 is 0. The van der Waals surface area contributed by atoms with Crippen LogP contribution >= 0.6 is 0 Å². The molecule has 0 aromatic heterocycles. The van der Waals surface area contributed by atoms with Gasteiger partial charge in [-0.25, -0.2) is 0 Å². The standard InChI is InChI=1S/C26H46O6S/c1-3-5-7-9-11-13-15-24-16-17-25(26(23-24)33(27,28)29)32-22-21-31-20-19-30-18-14-12-10-8-6-4-2/h16-17,23H,3-15,18-22H2,1-2H3,(H,27,28,29). The summed E-state index contributed by atoms with van der Waals surface area (Å²) < 4.78 is 49.9. The van der Waals surface area contributed by atoms with E-state index in [1.54, 1.807) is 6.07 Å². The molecule has 0 aliphatic heterocycles. The molecule has 1 aromatic rings. The van der Waals surface area contributed by atoms with Crippen molar-refractivity contribution in [2.24, 2.45) is 0 Å². The molecule has 0 fully saturated rings. The number of ether oxygens (including phenoxy) is 3. The summed E-state index contributed by atoms with van der Waals surface area (Å²) in [5.41, 5.74) is 0.893. The van der Waals surface area contributed by atoms with Crippen LogP contribution in [0.4, 0.5) is 0 Å². The zero-order valence-corrected chi connectivity index (χ0v) is 21.7. The second-order valence-corrected chi connectivity index (χ2v) is 10.0. The van der Waals surface area contributed by atoms with Gasteiger partial charge in [-0.2, -0.15) is 8.42 Å². The molecule has 33 heavy (non-hydrogen) atoms. The Kier molecular flexibility index (Phi) is 17.4. The quantitative estimate of drug-likeness (QED) is 0.147. The largest absolute Gasteiger partial charge is 0.490 e. The van der Waals surface area contributed by atoms with Crippen LogP contribution in [-0.4, -0.2) is 46.0 Å². The Morgan fingerprint density at radius 3 is 1.88 bits per heavy atom. The third-order valence-electron chi connectivity index (χ3n) is 5.60. The van der Waals surface area contributed by atoms with Gasteiger partial charge in [0.05, 0.1) is 19.8 Å². The lowest BCUT2D eigenvalue weighted by Gasteiger charge is -2.12. The molecule has 0 aliphatic carbocycles. The van der Waals surface area contributed by atoms with Gasteiger partial charge in [0.1, 0.15) is 17.3 Å². The molecule has 0 spiro atoms. The first-order valence-electron chi connectivity index (χ1n) is 12.9. The molecule has 0 atom stereocenters. The fourth-order valence-electron chi connectivity index (χ4n) is 3.66. The summed E-state index contributed by atoms with van der Waals surface area (Å²) in [6.45, 7) is 6.71. The van der Waals surface area contributed by atoms with Gasteiger partial charge in [0.25, 0.3) is 10.1 Å². The Labute approximate surface area is 202 Å². The normalized spacial score (nSPS) is 11.7. The van der Waals surface area contributed by atoms with Crippen molar-refractivity contribution in [3.63, 3.8) is 0 Å². The van der Waals surface area contributed by atoms with Crippen molar-refractivity contribution < 1.29 is 27.2 Å². The van der Waals surface area contributed by atoms with E-state index >= 15 is 0 Å². The Morgan fingerprint density at radius 2 is 1.24 bits per heavy atom. The molecule has 1 rings (SSSR count). The number of hydrogen-bond donors (Lipinski definition) is 1. The first kappa shape index (κ1) is 29.9. The number of aryl methyl sites for hydroxylation is 1. The van der Waals surface area contributed by atoms with Gasteiger partial charge < -0.3 is 14.2 Å². The molecular formula is C26H46O6S. The average Bonchev–Trinajstić information content (AvgIpc) is 2.79. The van der Waals surface area contributed by atoms with Crippen molar-refractivity contribution >= 4 is 10.1 Å². The van der Waals surface area contributed by atoms with Crippen molar-refractivity contribution in [2.45, 2.75) is 102 Å². The number of benzene rings is 1. The fraction of sp³-hybridized carbons (Fsp3) is 0.769. The minimum Gasteiger partial charge on any atom is -0.490 e. The maximum atomic E-state index is 11.8. The van der Waals surface area contributed by atoms with E-state index in [2.05, 4.69) is 13.8 Å². The Hall–Kier alpha value is -1.15. The van der Waals surface area contributed by atoms with Crippen LogP contribution in [0.15, 0.2) is 23.1 Å². The molecule has 6 nitrogen and oxygen atoms in total. The Morgan fingerprint density at radius 1 is 0.697 bits per heavy atom. The summed E-state index contributed by atoms with van der Waals surface area (Å²) in [5.74, 6) is 0.159. The number of hydrogen-bond acceptors (Lipinski definition) is 5. The van der Waals surface area contributed by atoms with E-state index in [0.29, 0.717) is 19.8 Å². The minimum atomic E-state index is -4.35. The predicted octanol–water partition coefficient (Wildman–Crippen LogP) is 6.61. The molecule has 0 radical (unpaired) electrons. The summed E-state index contributed by atoms with van der Waals surface area (Å²) in [4.78, 5) is -0.173. The number of unbranched alkanes of at least 4 members (excludes halogenated alkanes) is 10. The lowest BCUT2D eigenvalue weighted by Crippen LogP contribution is -2.12. The lowest BCUT2D eigenvalue weighted by molar-refractivity contribution is 0.0349. The van der Waals surface area contributed by atoms with E-state index in [-0.39, 0.29) is 17.3 Å². The van der Waals surface area contributed by atoms with Gasteiger partial charge in [-0.15, -0.1) is 0 Å². The van der Waals surface area contributed by atoms with E-state index < -0.39 is 10.1 Å². The van der Waals surface area contributed by atoms with Crippen molar-refractivity contribution in [1.29, 1.82) is 0 Å². The average molecular weight is 487 g/mol. The van der Waals surface area contributed by atoms with Crippen LogP contribution in [-0.2, 0) is 26.0 Å². The van der Waals surface area contributed by atoms with Gasteiger partial charge >= 0.3 is 0 Å². The van der Waals surface area contributed by atoms with Crippen molar-refractivity contribution in [3.8, 4) is 5.75 Å². The molecule has 0 amide bonds. The number of rotatable bonds is 22. The van der Waals surface area contributed by atoms with Gasteiger partial charge in [0, 0.05) is 6.61 Å². The molecule has 0 saturated carbocycles. The second kappa shape index (κ2) is 19.2. The molecule has 0 aliphatic rings. The van der Waals surface area contributed by atoms with E-state index in [4.69, 9.17) is 14.2 Å². The van der Waals surface area contributed by atoms with Crippen molar-refractivity contribution in [1.82, 2.24) is 0 Å². The van der Waals surface area contributed by atoms with Gasteiger partial charge in [-0.3, -0.25) is 4.55 Å². The minimum absolute atomic E-state index is 0.159. The van der Waals surface area contributed by atoms with Crippen LogP contribution in [0.2, 0.25) is 0 Å². The van der Waals surface area contributed by atoms with E-state index in [0.717, 1.165) is 37.9 Å². The zero-order chi connectivity index (χ0) is 24.2. The highest BCUT2D eigenvalue weighted by Crippen LogP contribution is 2.26. The highest BCUT2D eigenvalue weighted by molar-refractivity contribution is 7.86. The molecule has 192 valence electrons. The monoisotopic (exact) mass is 486 g/mol. The molecule has 0 unspecified atom stereocenters. The molecule has 0 heterocycles. The summed E-state index contributed by atoms with van der Waals surface area (Å²) in [6, 6.07) is 5.01. The van der Waals surface area contributed by atoms with E-state index in [9.17, 15) is 13.0 Å². The van der Waals surface area contributed by atoms with Gasteiger partial charge in [0.2, 0.25) is 0 Å². The second-order valence-electron chi connectivity index (χ2n) is 8.61. The molecule has 1 N–H and O–H groups in total. The topological polar surface area (TPSA) is 82.1 Å². The highest BCUT2D eigenvalue weighted by Gasteiger charge is 2.17. The van der Waals surface area contributed by atoms with Crippen molar-refractivity contribution in [3.05, 3.63) is 23.8 Å². The smallest absolute Gasteiger partial charge is 0.298 e. The lowest BCUT2D eigenvalue weighted by atomic mass is 10.0. The van der Waals surface area contributed by atoms with E-state index in [1.807, 2.05) is 6.07 Å². The maximum Gasteiger partial charge on any atom is 0.298 e. The summed E-state index contributed by atoms with van der Waals surface area (Å²) in [7, 11) is -4.35. The summed E-state index contributed by atoms with van der Waals surface area (Å²) in [5, 5.41) is 0. The van der Waals surface area contributed by atoms with E-state index in [1.165, 1.54) is 63.9 Å². The fourth-order valence-corrected chi connectivity index (χ4v) is 4.34. The molecule has 0 saturated heterocycles. The molecule has 1 aromatic carbocycles. The van der Waals surface area contributed by atoms with Crippen LogP contribution in [0.1, 0.15) is 96.5 Å². The van der Waals surface area contributed by atoms with Gasteiger partial charge in [-0.1, -0.05) is 84.1 Å². The SMILES string of the molecule is CCCCCCCCOCCOCCOc1ccc(CCCCCCCC)cc1S(=O)(=O)O. The van der Waals surface area contributed by atoms with Gasteiger partial charge in [0.15, 0.2) is 0 Å². The first-order chi connectivity index (χ1) is 16.0. The predicted molar refractivity (Wildman–Crippen MR) is 134 cm³/mol. The summed E-state index contributed by atoms with van der Waals surface area (Å²) in [6.07, 6.45) is 15.3. The zero-order valence-electron chi connectivity index (χ0n) is 20.9. The van der Waals surface area contributed by atoms with Crippen LogP contribution in [0.25, 0.3) is 0 Å². The Balaban J connectivity index is 2.24. The van der Waals surface area contributed by atoms with Crippen LogP contribution in [0.5, 0.6) is 5.75 Å². The Bertz CT molecular complexity index is 705. The third-order valence-corrected chi connectivity index (χ3v) is 6.48. The first-order valence-corrected chi connectivity index (χ1v) is 14.3. The van der Waals surface area contributed by atoms with Gasteiger partial charge in [-0.05, 0) is 37.0 Å².